The van der Waals surface area contributed by atoms with Crippen LogP contribution in [0.25, 0.3) is 0 Å². The number of imide groups is 1. The highest BCUT2D eigenvalue weighted by Crippen LogP contribution is 2.27. The monoisotopic (exact) mass is 289 g/mol. The van der Waals surface area contributed by atoms with E-state index in [4.69, 9.17) is 4.74 Å². The van der Waals surface area contributed by atoms with E-state index in [0.29, 0.717) is 5.56 Å². The molecule has 0 spiro atoms. The largest absolute Gasteiger partial charge is 0.471 e. The van der Waals surface area contributed by atoms with E-state index in [0.717, 1.165) is 10.9 Å². The minimum absolute atomic E-state index is 0.0108. The summed E-state index contributed by atoms with van der Waals surface area (Å²) in [7, 11) is 0. The van der Waals surface area contributed by atoms with Crippen LogP contribution in [0.1, 0.15) is 30.9 Å². The average molecular weight is 289 g/mol. The topological polar surface area (TPSA) is 55.4 Å². The minimum Gasteiger partial charge on any atom is -0.410 e. The second-order valence-electron chi connectivity index (χ2n) is 4.54. The van der Waals surface area contributed by atoms with Crippen molar-refractivity contribution >= 4 is 12.0 Å². The summed E-state index contributed by atoms with van der Waals surface area (Å²) < 4.78 is 40.8. The number of carbonyl (C=O) groups excluding carboxylic acids is 2. The zero-order chi connectivity index (χ0) is 15.5. The molecule has 110 valence electrons. The lowest BCUT2D eigenvalue weighted by atomic mass is 10.0. The Morgan fingerprint density at radius 2 is 1.85 bits per heavy atom. The summed E-state index contributed by atoms with van der Waals surface area (Å²) in [4.78, 5) is 21.9. The predicted octanol–water partition coefficient (Wildman–Crippen LogP) is 3.30. The molecule has 1 aromatic rings. The lowest BCUT2D eigenvalue weighted by molar-refractivity contribution is -0.172. The van der Waals surface area contributed by atoms with Crippen molar-refractivity contribution in [3.63, 3.8) is 0 Å². The first-order valence-electron chi connectivity index (χ1n) is 5.81. The van der Waals surface area contributed by atoms with Gasteiger partial charge in [-0.05, 0) is 30.0 Å². The van der Waals surface area contributed by atoms with Crippen LogP contribution in [0.3, 0.4) is 0 Å². The van der Waals surface area contributed by atoms with Crippen LogP contribution in [0.5, 0.6) is 5.75 Å². The Balaban J connectivity index is 2.86. The van der Waals surface area contributed by atoms with Crippen molar-refractivity contribution in [2.45, 2.75) is 32.9 Å². The van der Waals surface area contributed by atoms with E-state index >= 15 is 0 Å². The van der Waals surface area contributed by atoms with Gasteiger partial charge in [0, 0.05) is 0 Å². The van der Waals surface area contributed by atoms with Crippen molar-refractivity contribution < 1.29 is 27.5 Å². The molecule has 4 nitrogen and oxygen atoms in total. The SMILES string of the molecule is Cc1ccc(C(C)C)c(OC(=O)NC(=O)C(F)(F)F)c1. The van der Waals surface area contributed by atoms with Crippen LogP contribution in [-0.2, 0) is 4.79 Å². The van der Waals surface area contributed by atoms with Gasteiger partial charge in [0.25, 0.3) is 0 Å². The second-order valence-corrected chi connectivity index (χ2v) is 4.54. The average Bonchev–Trinajstić information content (AvgIpc) is 2.26. The van der Waals surface area contributed by atoms with Crippen LogP contribution in [0.15, 0.2) is 18.2 Å². The molecule has 20 heavy (non-hydrogen) atoms. The molecule has 0 atom stereocenters. The summed E-state index contributed by atoms with van der Waals surface area (Å²) in [5, 5.41) is 1.13. The minimum atomic E-state index is -5.13. The molecule has 0 aliphatic rings. The summed E-state index contributed by atoms with van der Waals surface area (Å²) in [6.45, 7) is 5.43. The van der Waals surface area contributed by atoms with Gasteiger partial charge in [-0.3, -0.25) is 10.1 Å². The Morgan fingerprint density at radius 3 is 2.35 bits per heavy atom. The molecule has 0 heterocycles. The molecule has 1 N–H and O–H groups in total. The van der Waals surface area contributed by atoms with Gasteiger partial charge < -0.3 is 4.74 Å². The van der Waals surface area contributed by atoms with Crippen molar-refractivity contribution in [3.05, 3.63) is 29.3 Å². The van der Waals surface area contributed by atoms with Crippen LogP contribution >= 0.6 is 0 Å². The highest BCUT2D eigenvalue weighted by Gasteiger charge is 2.40. The van der Waals surface area contributed by atoms with Crippen molar-refractivity contribution in [2.24, 2.45) is 0 Å². The molecular formula is C13H14F3NO3. The third kappa shape index (κ3) is 4.25. The van der Waals surface area contributed by atoms with Gasteiger partial charge in [0.05, 0.1) is 0 Å². The van der Waals surface area contributed by atoms with E-state index < -0.39 is 18.2 Å². The fourth-order valence-electron chi connectivity index (χ4n) is 1.50. The highest BCUT2D eigenvalue weighted by molar-refractivity contribution is 5.95. The zero-order valence-electron chi connectivity index (χ0n) is 11.2. The second kappa shape index (κ2) is 5.94. The molecule has 0 aliphatic heterocycles. The first-order valence-corrected chi connectivity index (χ1v) is 5.81. The van der Waals surface area contributed by atoms with Crippen LogP contribution in [0, 0.1) is 6.92 Å². The number of rotatable bonds is 2. The van der Waals surface area contributed by atoms with Crippen LogP contribution < -0.4 is 10.1 Å². The fourth-order valence-corrected chi connectivity index (χ4v) is 1.50. The van der Waals surface area contributed by atoms with E-state index in [2.05, 4.69) is 0 Å². The van der Waals surface area contributed by atoms with Gasteiger partial charge in [-0.1, -0.05) is 26.0 Å². The molecule has 0 saturated heterocycles. The van der Waals surface area contributed by atoms with Crippen molar-refractivity contribution in [1.29, 1.82) is 0 Å². The van der Waals surface area contributed by atoms with Gasteiger partial charge in [0.2, 0.25) is 0 Å². The molecule has 0 radical (unpaired) electrons. The van der Waals surface area contributed by atoms with E-state index in [1.165, 1.54) is 6.07 Å². The maximum Gasteiger partial charge on any atom is 0.471 e. The smallest absolute Gasteiger partial charge is 0.410 e. The summed E-state index contributed by atoms with van der Waals surface area (Å²) in [5.74, 6) is -2.22. The fraction of sp³-hybridized carbons (Fsp3) is 0.385. The quantitative estimate of drug-likeness (QED) is 0.908. The number of benzene rings is 1. The van der Waals surface area contributed by atoms with Crippen molar-refractivity contribution in [3.8, 4) is 5.75 Å². The van der Waals surface area contributed by atoms with Crippen molar-refractivity contribution in [1.82, 2.24) is 5.32 Å². The van der Waals surface area contributed by atoms with Gasteiger partial charge in [0.15, 0.2) is 0 Å². The predicted molar refractivity (Wildman–Crippen MR) is 65.5 cm³/mol. The summed E-state index contributed by atoms with van der Waals surface area (Å²) in [5.41, 5.74) is 1.43. The number of carbonyl (C=O) groups is 2. The molecule has 7 heteroatoms. The lowest BCUT2D eigenvalue weighted by Crippen LogP contribution is -2.42. The van der Waals surface area contributed by atoms with E-state index in [-0.39, 0.29) is 11.7 Å². The molecule has 0 bridgehead atoms. The maximum absolute atomic E-state index is 12.0. The summed E-state index contributed by atoms with van der Waals surface area (Å²) in [6, 6.07) is 5.03. The lowest BCUT2D eigenvalue weighted by Gasteiger charge is -2.14. The normalized spacial score (nSPS) is 11.3. The third-order valence-electron chi connectivity index (χ3n) is 2.47. The molecular weight excluding hydrogens is 275 g/mol. The number of halogens is 3. The number of hydrogen-bond acceptors (Lipinski definition) is 3. The van der Waals surface area contributed by atoms with Crippen molar-refractivity contribution in [2.75, 3.05) is 0 Å². The molecule has 1 aromatic carbocycles. The third-order valence-corrected chi connectivity index (χ3v) is 2.47. The molecule has 0 unspecified atom stereocenters. The molecule has 1 rings (SSSR count). The van der Waals surface area contributed by atoms with Gasteiger partial charge in [-0.2, -0.15) is 13.2 Å². The Bertz CT molecular complexity index is 524. The Morgan fingerprint density at radius 1 is 1.25 bits per heavy atom. The first-order chi connectivity index (χ1) is 9.11. The zero-order valence-corrected chi connectivity index (χ0v) is 11.2. The number of alkyl halides is 3. The van der Waals surface area contributed by atoms with E-state index in [9.17, 15) is 22.8 Å². The van der Waals surface area contributed by atoms with Gasteiger partial charge in [-0.15, -0.1) is 0 Å². The van der Waals surface area contributed by atoms with Gasteiger partial charge in [0.1, 0.15) is 5.75 Å². The molecule has 2 amide bonds. The number of hydrogen-bond donors (Lipinski definition) is 1. The van der Waals surface area contributed by atoms with Crippen LogP contribution in [-0.4, -0.2) is 18.2 Å². The molecule has 0 aliphatic carbocycles. The Kier molecular flexibility index (Phi) is 4.75. The highest BCUT2D eigenvalue weighted by atomic mass is 19.4. The number of nitrogens with one attached hydrogen (secondary N) is 1. The summed E-state index contributed by atoms with van der Waals surface area (Å²) >= 11 is 0. The van der Waals surface area contributed by atoms with E-state index in [1.807, 2.05) is 13.8 Å². The molecule has 0 fully saturated rings. The Hall–Kier alpha value is -2.05. The first kappa shape index (κ1) is 16.0. The standard InChI is InChI=1S/C13H14F3NO3/c1-7(2)9-5-4-8(3)6-10(9)20-12(19)17-11(18)13(14,15)16/h4-7H,1-3H3,(H,17,18,19). The number of ether oxygens (including phenoxy) is 1. The maximum atomic E-state index is 12.0. The van der Waals surface area contributed by atoms with Gasteiger partial charge in [-0.25, -0.2) is 4.79 Å². The van der Waals surface area contributed by atoms with Crippen LogP contribution in [0.2, 0.25) is 0 Å². The van der Waals surface area contributed by atoms with Gasteiger partial charge >= 0.3 is 18.2 Å². The Labute approximate surface area is 113 Å². The number of amides is 2. The van der Waals surface area contributed by atoms with Crippen LogP contribution in [0.4, 0.5) is 18.0 Å². The molecule has 0 aromatic heterocycles. The van der Waals surface area contributed by atoms with E-state index in [1.54, 1.807) is 19.1 Å². The number of aryl methyl sites for hydroxylation is 1. The molecule has 0 saturated carbocycles. The summed E-state index contributed by atoms with van der Waals surface area (Å²) in [6.07, 6.45) is -6.59.